The van der Waals surface area contributed by atoms with Gasteiger partial charge in [0.1, 0.15) is 5.82 Å². The third-order valence-corrected chi connectivity index (χ3v) is 5.22. The Balaban J connectivity index is 1.98. The van der Waals surface area contributed by atoms with Crippen LogP contribution < -0.4 is 29.0 Å². The van der Waals surface area contributed by atoms with E-state index in [1.165, 1.54) is 84.1 Å². The minimum absolute atomic E-state index is 0.222. The standard InChI is InChI=1S/C27H26FNO7/c1-32-21-13-17(25(31)18-14-22(33-2)27(36-5)23(15-18)34-3)12-20(26(21)35-4)29-24(30)11-8-16-6-9-19(28)10-7-16/h6-15H,1-5H3,(H,29,30)/b11-8+. The highest BCUT2D eigenvalue weighted by atomic mass is 19.1. The van der Waals surface area contributed by atoms with Crippen molar-refractivity contribution in [3.8, 4) is 28.7 Å². The van der Waals surface area contributed by atoms with Gasteiger partial charge in [0.05, 0.1) is 41.2 Å². The van der Waals surface area contributed by atoms with Crippen LogP contribution in [0, 0.1) is 5.82 Å². The molecule has 9 heteroatoms. The highest BCUT2D eigenvalue weighted by Crippen LogP contribution is 2.40. The van der Waals surface area contributed by atoms with Crippen LogP contribution in [-0.2, 0) is 4.79 Å². The first kappa shape index (κ1) is 26.1. The lowest BCUT2D eigenvalue weighted by Crippen LogP contribution is -2.11. The fourth-order valence-corrected chi connectivity index (χ4v) is 3.49. The minimum atomic E-state index is -0.489. The number of nitrogens with one attached hydrogen (secondary N) is 1. The predicted molar refractivity (Wildman–Crippen MR) is 133 cm³/mol. The Labute approximate surface area is 208 Å². The van der Waals surface area contributed by atoms with Gasteiger partial charge >= 0.3 is 0 Å². The van der Waals surface area contributed by atoms with Crippen LogP contribution in [0.3, 0.4) is 0 Å². The molecule has 0 spiro atoms. The molecule has 0 aliphatic carbocycles. The Hall–Kier alpha value is -4.53. The molecule has 1 N–H and O–H groups in total. The fraction of sp³-hybridized carbons (Fsp3) is 0.185. The fourth-order valence-electron chi connectivity index (χ4n) is 3.49. The average molecular weight is 496 g/mol. The molecule has 36 heavy (non-hydrogen) atoms. The molecular weight excluding hydrogens is 469 g/mol. The number of halogens is 1. The normalized spacial score (nSPS) is 10.6. The number of amides is 1. The minimum Gasteiger partial charge on any atom is -0.493 e. The van der Waals surface area contributed by atoms with Gasteiger partial charge in [-0.15, -0.1) is 0 Å². The molecule has 3 aromatic carbocycles. The lowest BCUT2D eigenvalue weighted by atomic mass is 10.0. The Bertz CT molecular complexity index is 1260. The van der Waals surface area contributed by atoms with Gasteiger partial charge in [-0.1, -0.05) is 12.1 Å². The van der Waals surface area contributed by atoms with Gasteiger partial charge in [-0.25, -0.2) is 4.39 Å². The SMILES string of the molecule is COc1cc(C(=O)c2cc(OC)c(OC)c(OC)c2)cc(NC(=O)/C=C/c2ccc(F)cc2)c1OC. The topological polar surface area (TPSA) is 92.3 Å². The molecule has 0 radical (unpaired) electrons. The van der Waals surface area contributed by atoms with Gasteiger partial charge in [-0.2, -0.15) is 0 Å². The summed E-state index contributed by atoms with van der Waals surface area (Å²) in [7, 11) is 7.22. The summed E-state index contributed by atoms with van der Waals surface area (Å²) in [6.45, 7) is 0. The quantitative estimate of drug-likeness (QED) is 0.321. The van der Waals surface area contributed by atoms with Crippen LogP contribution >= 0.6 is 0 Å². The summed E-state index contributed by atoms with van der Waals surface area (Å²) < 4.78 is 39.9. The van der Waals surface area contributed by atoms with E-state index in [2.05, 4.69) is 5.32 Å². The molecule has 0 saturated carbocycles. The molecule has 0 unspecified atom stereocenters. The third-order valence-electron chi connectivity index (χ3n) is 5.22. The van der Waals surface area contributed by atoms with Crippen LogP contribution in [0.15, 0.2) is 54.6 Å². The van der Waals surface area contributed by atoms with Crippen LogP contribution in [-0.4, -0.2) is 47.2 Å². The molecule has 0 bridgehead atoms. The third kappa shape index (κ3) is 5.75. The van der Waals surface area contributed by atoms with Crippen molar-refractivity contribution < 1.29 is 37.7 Å². The van der Waals surface area contributed by atoms with E-state index in [4.69, 9.17) is 23.7 Å². The molecule has 0 saturated heterocycles. The molecule has 0 aliphatic rings. The van der Waals surface area contributed by atoms with Crippen LogP contribution in [0.4, 0.5) is 10.1 Å². The van der Waals surface area contributed by atoms with Gasteiger partial charge < -0.3 is 29.0 Å². The van der Waals surface area contributed by atoms with E-state index in [1.807, 2.05) is 0 Å². The summed E-state index contributed by atoms with van der Waals surface area (Å²) in [5.74, 6) is 0.229. The van der Waals surface area contributed by atoms with E-state index in [1.54, 1.807) is 12.1 Å². The second-order valence-electron chi connectivity index (χ2n) is 7.38. The van der Waals surface area contributed by atoms with Crippen molar-refractivity contribution in [2.45, 2.75) is 0 Å². The number of carbonyl (C=O) groups excluding carboxylic acids is 2. The van der Waals surface area contributed by atoms with Crippen molar-refractivity contribution in [2.75, 3.05) is 40.9 Å². The van der Waals surface area contributed by atoms with E-state index in [-0.39, 0.29) is 39.9 Å². The Morgan fingerprint density at radius 1 is 0.722 bits per heavy atom. The summed E-state index contributed by atoms with van der Waals surface area (Å²) >= 11 is 0. The van der Waals surface area contributed by atoms with Gasteiger partial charge in [0.25, 0.3) is 0 Å². The van der Waals surface area contributed by atoms with Crippen molar-refractivity contribution in [2.24, 2.45) is 0 Å². The molecule has 0 fully saturated rings. The number of hydrogen-bond donors (Lipinski definition) is 1. The van der Waals surface area contributed by atoms with E-state index >= 15 is 0 Å². The average Bonchev–Trinajstić information content (AvgIpc) is 2.90. The second kappa shape index (κ2) is 11.7. The molecule has 3 rings (SSSR count). The molecule has 0 atom stereocenters. The summed E-state index contributed by atoms with van der Waals surface area (Å²) in [6.07, 6.45) is 2.82. The molecule has 0 heterocycles. The van der Waals surface area contributed by atoms with E-state index in [0.717, 1.165) is 0 Å². The Kier molecular flexibility index (Phi) is 8.51. The lowest BCUT2D eigenvalue weighted by Gasteiger charge is -2.16. The molecule has 0 aliphatic heterocycles. The first-order chi connectivity index (χ1) is 17.3. The largest absolute Gasteiger partial charge is 0.493 e. The molecule has 188 valence electrons. The molecule has 8 nitrogen and oxygen atoms in total. The first-order valence-corrected chi connectivity index (χ1v) is 10.7. The van der Waals surface area contributed by atoms with Gasteiger partial charge in [0.2, 0.25) is 11.7 Å². The Morgan fingerprint density at radius 3 is 1.72 bits per heavy atom. The van der Waals surface area contributed by atoms with Crippen molar-refractivity contribution >= 4 is 23.5 Å². The maximum absolute atomic E-state index is 13.4. The maximum Gasteiger partial charge on any atom is 0.248 e. The smallest absolute Gasteiger partial charge is 0.248 e. The van der Waals surface area contributed by atoms with Crippen LogP contribution in [0.5, 0.6) is 28.7 Å². The van der Waals surface area contributed by atoms with Crippen molar-refractivity contribution in [3.63, 3.8) is 0 Å². The number of benzene rings is 3. The zero-order valence-corrected chi connectivity index (χ0v) is 20.5. The number of carbonyl (C=O) groups is 2. The van der Waals surface area contributed by atoms with E-state index in [9.17, 15) is 14.0 Å². The highest BCUT2D eigenvalue weighted by molar-refractivity contribution is 6.11. The monoisotopic (exact) mass is 495 g/mol. The number of ether oxygens (including phenoxy) is 5. The van der Waals surface area contributed by atoms with Crippen LogP contribution in [0.2, 0.25) is 0 Å². The molecular formula is C27H26FNO7. The zero-order chi connectivity index (χ0) is 26.2. The van der Waals surface area contributed by atoms with Gasteiger partial charge in [0, 0.05) is 17.2 Å². The molecule has 0 aromatic heterocycles. The number of anilines is 1. The Morgan fingerprint density at radius 2 is 1.22 bits per heavy atom. The van der Waals surface area contributed by atoms with Gasteiger partial charge in [-0.3, -0.25) is 9.59 Å². The molecule has 1 amide bonds. The maximum atomic E-state index is 13.4. The number of methoxy groups -OCH3 is 5. The van der Waals surface area contributed by atoms with E-state index < -0.39 is 5.91 Å². The summed E-state index contributed by atoms with van der Waals surface area (Å²) in [5.41, 5.74) is 1.36. The van der Waals surface area contributed by atoms with Crippen LogP contribution in [0.1, 0.15) is 21.5 Å². The number of rotatable bonds is 10. The van der Waals surface area contributed by atoms with Crippen molar-refractivity contribution in [1.29, 1.82) is 0 Å². The second-order valence-corrected chi connectivity index (χ2v) is 7.38. The predicted octanol–water partition coefficient (Wildman–Crippen LogP) is 4.75. The summed E-state index contributed by atoms with van der Waals surface area (Å²) in [5, 5.41) is 2.70. The summed E-state index contributed by atoms with van der Waals surface area (Å²) in [6, 6.07) is 11.7. The molecule has 3 aromatic rings. The number of hydrogen-bond acceptors (Lipinski definition) is 7. The first-order valence-electron chi connectivity index (χ1n) is 10.7. The lowest BCUT2D eigenvalue weighted by molar-refractivity contribution is -0.111. The van der Waals surface area contributed by atoms with Gasteiger partial charge in [-0.05, 0) is 48.0 Å². The van der Waals surface area contributed by atoms with Crippen molar-refractivity contribution in [3.05, 3.63) is 77.1 Å². The van der Waals surface area contributed by atoms with Gasteiger partial charge in [0.15, 0.2) is 28.8 Å². The summed E-state index contributed by atoms with van der Waals surface area (Å²) in [4.78, 5) is 26.0. The highest BCUT2D eigenvalue weighted by Gasteiger charge is 2.22. The van der Waals surface area contributed by atoms with Crippen molar-refractivity contribution in [1.82, 2.24) is 0 Å². The number of ketones is 1. The van der Waals surface area contributed by atoms with Crippen LogP contribution in [0.25, 0.3) is 6.08 Å². The zero-order valence-electron chi connectivity index (χ0n) is 20.5. The van der Waals surface area contributed by atoms with E-state index in [0.29, 0.717) is 22.8 Å².